The second kappa shape index (κ2) is 7.04. The van der Waals surface area contributed by atoms with E-state index < -0.39 is 0 Å². The number of halogens is 2. The Morgan fingerprint density at radius 3 is 2.74 bits per heavy atom. The van der Waals surface area contributed by atoms with Crippen molar-refractivity contribution in [1.29, 1.82) is 0 Å². The zero-order valence-corrected chi connectivity index (χ0v) is 12.4. The Morgan fingerprint density at radius 2 is 2.11 bits per heavy atom. The van der Waals surface area contributed by atoms with Crippen molar-refractivity contribution in [2.24, 2.45) is 0 Å². The van der Waals surface area contributed by atoms with Crippen molar-refractivity contribution >= 4 is 22.9 Å². The van der Waals surface area contributed by atoms with Gasteiger partial charge in [-0.2, -0.15) is 0 Å². The fourth-order valence-corrected chi connectivity index (χ4v) is 3.33. The van der Waals surface area contributed by atoms with Crippen molar-refractivity contribution < 1.29 is 4.39 Å². The Labute approximate surface area is 122 Å². The van der Waals surface area contributed by atoms with Crippen molar-refractivity contribution in [3.8, 4) is 0 Å². The van der Waals surface area contributed by atoms with E-state index in [4.69, 9.17) is 11.6 Å². The van der Waals surface area contributed by atoms with Crippen LogP contribution in [-0.2, 0) is 12.8 Å². The summed E-state index contributed by atoms with van der Waals surface area (Å²) in [5.41, 5.74) is 1.02. The topological polar surface area (TPSA) is 12.0 Å². The molecule has 0 aliphatic rings. The van der Waals surface area contributed by atoms with Gasteiger partial charge < -0.3 is 5.32 Å². The molecule has 4 heteroatoms. The lowest BCUT2D eigenvalue weighted by Crippen LogP contribution is -2.32. The molecule has 0 aliphatic heterocycles. The van der Waals surface area contributed by atoms with Gasteiger partial charge in [0.1, 0.15) is 5.82 Å². The molecular weight excluding hydrogens is 281 g/mol. The van der Waals surface area contributed by atoms with E-state index >= 15 is 0 Å². The summed E-state index contributed by atoms with van der Waals surface area (Å²) in [4.78, 5) is 1.26. The van der Waals surface area contributed by atoms with E-state index in [-0.39, 0.29) is 5.82 Å². The number of rotatable bonds is 6. The smallest absolute Gasteiger partial charge is 0.123 e. The highest BCUT2D eigenvalue weighted by atomic mass is 35.5. The van der Waals surface area contributed by atoms with Crippen LogP contribution in [0.5, 0.6) is 0 Å². The Kier molecular flexibility index (Phi) is 5.37. The predicted octanol–water partition coefficient (Wildman–Crippen LogP) is 4.30. The van der Waals surface area contributed by atoms with E-state index in [1.165, 1.54) is 10.9 Å². The lowest BCUT2D eigenvalue weighted by atomic mass is 10.0. The van der Waals surface area contributed by atoms with Gasteiger partial charge in [-0.25, -0.2) is 4.39 Å². The molecule has 19 heavy (non-hydrogen) atoms. The van der Waals surface area contributed by atoms with Gasteiger partial charge in [-0.05, 0) is 49.2 Å². The molecule has 0 aliphatic carbocycles. The Balaban J connectivity index is 2.03. The van der Waals surface area contributed by atoms with Gasteiger partial charge in [-0.15, -0.1) is 11.3 Å². The van der Waals surface area contributed by atoms with Crippen LogP contribution in [0.4, 0.5) is 4.39 Å². The molecule has 2 aromatic rings. The van der Waals surface area contributed by atoms with Gasteiger partial charge in [-0.1, -0.05) is 30.7 Å². The summed E-state index contributed by atoms with van der Waals surface area (Å²) in [6.45, 7) is 2.99. The summed E-state index contributed by atoms with van der Waals surface area (Å²) in [5, 5.41) is 3.45. The second-order valence-electron chi connectivity index (χ2n) is 4.50. The van der Waals surface area contributed by atoms with E-state index in [2.05, 4.69) is 18.3 Å². The fraction of sp³-hybridized carbons (Fsp3) is 0.333. The summed E-state index contributed by atoms with van der Waals surface area (Å²) in [5.74, 6) is -0.174. The molecule has 2 rings (SSSR count). The SMILES string of the molecule is CCNC(Cc1cccc(F)c1)Cc1ccc(Cl)s1. The van der Waals surface area contributed by atoms with Crippen LogP contribution in [0.1, 0.15) is 17.4 Å². The maximum absolute atomic E-state index is 13.2. The maximum Gasteiger partial charge on any atom is 0.123 e. The number of nitrogens with one attached hydrogen (secondary N) is 1. The van der Waals surface area contributed by atoms with Crippen molar-refractivity contribution in [3.63, 3.8) is 0 Å². The summed E-state index contributed by atoms with van der Waals surface area (Å²) >= 11 is 7.56. The molecule has 0 spiro atoms. The average Bonchev–Trinajstić information content (AvgIpc) is 2.75. The molecular formula is C15H17ClFNS. The number of thiophene rings is 1. The molecule has 1 N–H and O–H groups in total. The average molecular weight is 298 g/mol. The second-order valence-corrected chi connectivity index (χ2v) is 6.30. The van der Waals surface area contributed by atoms with Gasteiger partial charge in [0, 0.05) is 10.9 Å². The fourth-order valence-electron chi connectivity index (χ4n) is 2.16. The zero-order chi connectivity index (χ0) is 13.7. The first-order valence-electron chi connectivity index (χ1n) is 6.39. The van der Waals surface area contributed by atoms with E-state index in [9.17, 15) is 4.39 Å². The molecule has 1 atom stereocenters. The highest BCUT2D eigenvalue weighted by Crippen LogP contribution is 2.23. The third-order valence-corrected chi connectivity index (χ3v) is 4.19. The van der Waals surface area contributed by atoms with E-state index in [0.29, 0.717) is 6.04 Å². The third kappa shape index (κ3) is 4.60. The van der Waals surface area contributed by atoms with Gasteiger partial charge in [0.25, 0.3) is 0 Å². The highest BCUT2D eigenvalue weighted by molar-refractivity contribution is 7.16. The minimum atomic E-state index is -0.174. The lowest BCUT2D eigenvalue weighted by Gasteiger charge is -2.17. The van der Waals surface area contributed by atoms with Gasteiger partial charge in [0.2, 0.25) is 0 Å². The molecule has 0 fully saturated rings. The normalized spacial score (nSPS) is 12.6. The Hall–Kier alpha value is -0.900. The van der Waals surface area contributed by atoms with Gasteiger partial charge >= 0.3 is 0 Å². The molecule has 1 aromatic heterocycles. The monoisotopic (exact) mass is 297 g/mol. The van der Waals surface area contributed by atoms with Crippen LogP contribution in [0.25, 0.3) is 0 Å². The first-order chi connectivity index (χ1) is 9.17. The van der Waals surface area contributed by atoms with Crippen LogP contribution >= 0.6 is 22.9 Å². The van der Waals surface area contributed by atoms with E-state index in [1.807, 2.05) is 12.1 Å². The molecule has 0 saturated carbocycles. The van der Waals surface area contributed by atoms with Crippen LogP contribution < -0.4 is 5.32 Å². The number of likely N-dealkylation sites (N-methyl/N-ethyl adjacent to an activating group) is 1. The molecule has 1 nitrogen and oxygen atoms in total. The van der Waals surface area contributed by atoms with Crippen molar-refractivity contribution in [2.45, 2.75) is 25.8 Å². The maximum atomic E-state index is 13.2. The predicted molar refractivity (Wildman–Crippen MR) is 80.6 cm³/mol. The van der Waals surface area contributed by atoms with Crippen LogP contribution in [0, 0.1) is 5.82 Å². The molecule has 0 amide bonds. The van der Waals surface area contributed by atoms with Crippen molar-refractivity contribution in [1.82, 2.24) is 5.32 Å². The Morgan fingerprint density at radius 1 is 1.26 bits per heavy atom. The first kappa shape index (κ1) is 14.5. The van der Waals surface area contributed by atoms with E-state index in [0.717, 1.165) is 29.3 Å². The molecule has 0 bridgehead atoms. The largest absolute Gasteiger partial charge is 0.314 e. The Bertz CT molecular complexity index is 526. The molecule has 1 unspecified atom stereocenters. The number of benzene rings is 1. The number of hydrogen-bond acceptors (Lipinski definition) is 2. The van der Waals surface area contributed by atoms with Gasteiger partial charge in [0.15, 0.2) is 0 Å². The summed E-state index contributed by atoms with van der Waals surface area (Å²) in [6.07, 6.45) is 1.74. The van der Waals surface area contributed by atoms with Crippen LogP contribution in [0.3, 0.4) is 0 Å². The van der Waals surface area contributed by atoms with Crippen LogP contribution in [0.2, 0.25) is 4.34 Å². The molecule has 1 aromatic carbocycles. The van der Waals surface area contributed by atoms with Crippen molar-refractivity contribution in [3.05, 3.63) is 57.0 Å². The minimum absolute atomic E-state index is 0.174. The van der Waals surface area contributed by atoms with Gasteiger partial charge in [-0.3, -0.25) is 0 Å². The quantitative estimate of drug-likeness (QED) is 0.838. The lowest BCUT2D eigenvalue weighted by molar-refractivity contribution is 0.522. The summed E-state index contributed by atoms with van der Waals surface area (Å²) in [6, 6.07) is 11.1. The molecule has 102 valence electrons. The number of hydrogen-bond donors (Lipinski definition) is 1. The van der Waals surface area contributed by atoms with Crippen molar-refractivity contribution in [2.75, 3.05) is 6.54 Å². The van der Waals surface area contributed by atoms with Crippen LogP contribution in [0.15, 0.2) is 36.4 Å². The summed E-state index contributed by atoms with van der Waals surface area (Å²) < 4.78 is 14.0. The first-order valence-corrected chi connectivity index (χ1v) is 7.59. The third-order valence-electron chi connectivity index (χ3n) is 2.94. The molecule has 0 saturated heterocycles. The molecule has 1 heterocycles. The summed E-state index contributed by atoms with van der Waals surface area (Å²) in [7, 11) is 0. The standard InChI is InChI=1S/C15H17ClFNS/c1-2-18-13(10-14-6-7-15(16)19-14)9-11-4-3-5-12(17)8-11/h3-8,13,18H,2,9-10H2,1H3. The van der Waals surface area contributed by atoms with E-state index in [1.54, 1.807) is 23.5 Å². The van der Waals surface area contributed by atoms with Crippen LogP contribution in [-0.4, -0.2) is 12.6 Å². The molecule has 0 radical (unpaired) electrons. The zero-order valence-electron chi connectivity index (χ0n) is 10.8. The van der Waals surface area contributed by atoms with Gasteiger partial charge in [0.05, 0.1) is 4.34 Å². The highest BCUT2D eigenvalue weighted by Gasteiger charge is 2.11. The minimum Gasteiger partial charge on any atom is -0.314 e.